The summed E-state index contributed by atoms with van der Waals surface area (Å²) < 4.78 is 5.28. The Morgan fingerprint density at radius 1 is 0.970 bits per heavy atom. The number of hydrogen-bond donors (Lipinski definition) is 2. The molecule has 4 rings (SSSR count). The van der Waals surface area contributed by atoms with Crippen molar-refractivity contribution in [2.45, 2.75) is 39.5 Å². The van der Waals surface area contributed by atoms with Crippen LogP contribution in [0.25, 0.3) is 0 Å². The van der Waals surface area contributed by atoms with Gasteiger partial charge in [0.15, 0.2) is 0 Å². The van der Waals surface area contributed by atoms with Crippen molar-refractivity contribution < 1.29 is 9.53 Å². The van der Waals surface area contributed by atoms with Gasteiger partial charge in [0.2, 0.25) is 11.9 Å². The summed E-state index contributed by atoms with van der Waals surface area (Å²) in [5, 5.41) is 6.24. The Morgan fingerprint density at radius 3 is 2.39 bits per heavy atom. The first-order chi connectivity index (χ1) is 16.0. The Bertz CT molecular complexity index is 1110. The third kappa shape index (κ3) is 6.00. The highest BCUT2D eigenvalue weighted by Crippen LogP contribution is 2.23. The first-order valence-electron chi connectivity index (χ1n) is 11.4. The van der Waals surface area contributed by atoms with Crippen molar-refractivity contribution in [1.29, 1.82) is 0 Å². The number of piperidine rings is 1. The van der Waals surface area contributed by atoms with Crippen LogP contribution in [-0.4, -0.2) is 36.1 Å². The fourth-order valence-electron chi connectivity index (χ4n) is 4.10. The first-order valence-corrected chi connectivity index (χ1v) is 11.4. The van der Waals surface area contributed by atoms with Crippen molar-refractivity contribution in [1.82, 2.24) is 9.97 Å². The highest BCUT2D eigenvalue weighted by Gasteiger charge is 2.14. The fraction of sp³-hybridized carbons (Fsp3) is 0.346. The molecule has 0 aliphatic carbocycles. The van der Waals surface area contributed by atoms with Gasteiger partial charge in [-0.2, -0.15) is 4.98 Å². The minimum atomic E-state index is -0.0616. The molecule has 1 aromatic heterocycles. The molecule has 2 N–H and O–H groups in total. The third-order valence-corrected chi connectivity index (χ3v) is 5.77. The molecule has 2 heterocycles. The van der Waals surface area contributed by atoms with Crippen LogP contribution in [0.2, 0.25) is 0 Å². The maximum absolute atomic E-state index is 12.5. The molecule has 7 nitrogen and oxygen atoms in total. The standard InChI is InChI=1S/C26H31N5O2/c1-18-15-20(7-12-23(18)33-3)17-25(32)28-21-8-10-22(11-9-21)29-26-27-19(2)16-24(30-26)31-13-5-4-6-14-31/h7-12,15-16H,4-6,13-14,17H2,1-3H3,(H,28,32)(H,27,29,30). The summed E-state index contributed by atoms with van der Waals surface area (Å²) in [5.41, 5.74) is 4.51. The number of amides is 1. The highest BCUT2D eigenvalue weighted by molar-refractivity contribution is 5.92. The minimum absolute atomic E-state index is 0.0616. The molecular weight excluding hydrogens is 414 g/mol. The predicted molar refractivity (Wildman–Crippen MR) is 133 cm³/mol. The SMILES string of the molecule is COc1ccc(CC(=O)Nc2ccc(Nc3nc(C)cc(N4CCCCC4)n3)cc2)cc1C. The van der Waals surface area contributed by atoms with Crippen LogP contribution in [0.1, 0.15) is 36.1 Å². The number of methoxy groups -OCH3 is 1. The molecule has 0 spiro atoms. The molecular formula is C26H31N5O2. The van der Waals surface area contributed by atoms with Crippen LogP contribution < -0.4 is 20.3 Å². The zero-order chi connectivity index (χ0) is 23.2. The topological polar surface area (TPSA) is 79.4 Å². The second-order valence-electron chi connectivity index (χ2n) is 8.47. The Balaban J connectivity index is 1.37. The second-order valence-corrected chi connectivity index (χ2v) is 8.47. The van der Waals surface area contributed by atoms with E-state index in [-0.39, 0.29) is 5.91 Å². The quantitative estimate of drug-likeness (QED) is 0.532. The van der Waals surface area contributed by atoms with Crippen LogP contribution >= 0.6 is 0 Å². The molecule has 1 aliphatic rings. The normalized spacial score (nSPS) is 13.5. The summed E-state index contributed by atoms with van der Waals surface area (Å²) in [6.45, 7) is 6.05. The zero-order valence-corrected chi connectivity index (χ0v) is 19.5. The summed E-state index contributed by atoms with van der Waals surface area (Å²) in [6.07, 6.45) is 4.00. The lowest BCUT2D eigenvalue weighted by molar-refractivity contribution is -0.115. The molecule has 0 atom stereocenters. The van der Waals surface area contributed by atoms with Crippen LogP contribution in [0.3, 0.4) is 0 Å². The highest BCUT2D eigenvalue weighted by atomic mass is 16.5. The Morgan fingerprint density at radius 2 is 1.70 bits per heavy atom. The van der Waals surface area contributed by atoms with Gasteiger partial charge in [-0.05, 0) is 74.6 Å². The Hall–Kier alpha value is -3.61. The van der Waals surface area contributed by atoms with Crippen LogP contribution in [0.15, 0.2) is 48.5 Å². The maximum atomic E-state index is 12.5. The van der Waals surface area contributed by atoms with Crippen LogP contribution in [0.4, 0.5) is 23.1 Å². The molecule has 2 aromatic carbocycles. The van der Waals surface area contributed by atoms with E-state index in [1.54, 1.807) is 7.11 Å². The van der Waals surface area contributed by atoms with Crippen molar-refractivity contribution in [2.24, 2.45) is 0 Å². The predicted octanol–water partition coefficient (Wildman–Crippen LogP) is 5.02. The largest absolute Gasteiger partial charge is 0.496 e. The van der Waals surface area contributed by atoms with Crippen molar-refractivity contribution in [3.63, 3.8) is 0 Å². The number of benzene rings is 2. The Kier molecular flexibility index (Phi) is 7.07. The van der Waals surface area contributed by atoms with E-state index in [4.69, 9.17) is 9.72 Å². The molecule has 172 valence electrons. The molecule has 1 saturated heterocycles. The number of aryl methyl sites for hydroxylation is 2. The molecule has 1 amide bonds. The number of carbonyl (C=O) groups is 1. The summed E-state index contributed by atoms with van der Waals surface area (Å²) in [5.74, 6) is 2.32. The average Bonchev–Trinajstić information content (AvgIpc) is 2.81. The van der Waals surface area contributed by atoms with Crippen LogP contribution in [0, 0.1) is 13.8 Å². The maximum Gasteiger partial charge on any atom is 0.229 e. The summed E-state index contributed by atoms with van der Waals surface area (Å²) >= 11 is 0. The van der Waals surface area contributed by atoms with Crippen molar-refractivity contribution in [3.8, 4) is 5.75 Å². The lowest BCUT2D eigenvalue weighted by Gasteiger charge is -2.28. The molecule has 33 heavy (non-hydrogen) atoms. The average molecular weight is 446 g/mol. The number of anilines is 4. The summed E-state index contributed by atoms with van der Waals surface area (Å²) in [4.78, 5) is 24.0. The number of nitrogens with one attached hydrogen (secondary N) is 2. The lowest BCUT2D eigenvalue weighted by Crippen LogP contribution is -2.30. The van der Waals surface area contributed by atoms with Crippen LogP contribution in [-0.2, 0) is 11.2 Å². The monoisotopic (exact) mass is 445 g/mol. The van der Waals surface area contributed by atoms with Crippen molar-refractivity contribution >= 4 is 29.0 Å². The van der Waals surface area contributed by atoms with E-state index >= 15 is 0 Å². The molecule has 1 aliphatic heterocycles. The summed E-state index contributed by atoms with van der Waals surface area (Å²) in [7, 11) is 1.64. The molecule has 7 heteroatoms. The van der Waals surface area contributed by atoms with Crippen molar-refractivity contribution in [2.75, 3.05) is 35.7 Å². The number of ether oxygens (including phenoxy) is 1. The molecule has 3 aromatic rings. The van der Waals surface area contributed by atoms with E-state index in [0.717, 1.165) is 52.9 Å². The minimum Gasteiger partial charge on any atom is -0.496 e. The van der Waals surface area contributed by atoms with Gasteiger partial charge in [0.05, 0.1) is 13.5 Å². The second kappa shape index (κ2) is 10.3. The summed E-state index contributed by atoms with van der Waals surface area (Å²) in [6, 6.07) is 15.4. The molecule has 0 unspecified atom stereocenters. The molecule has 0 saturated carbocycles. The van der Waals surface area contributed by atoms with Gasteiger partial charge in [0.25, 0.3) is 0 Å². The molecule has 1 fully saturated rings. The number of carbonyl (C=O) groups excluding carboxylic acids is 1. The number of hydrogen-bond acceptors (Lipinski definition) is 6. The van der Waals surface area contributed by atoms with Gasteiger partial charge in [-0.3, -0.25) is 4.79 Å². The van der Waals surface area contributed by atoms with E-state index in [1.807, 2.05) is 62.4 Å². The fourth-order valence-corrected chi connectivity index (χ4v) is 4.10. The van der Waals surface area contributed by atoms with Gasteiger partial charge in [-0.1, -0.05) is 12.1 Å². The van der Waals surface area contributed by atoms with E-state index in [2.05, 4.69) is 20.5 Å². The smallest absolute Gasteiger partial charge is 0.229 e. The third-order valence-electron chi connectivity index (χ3n) is 5.77. The van der Waals surface area contributed by atoms with Gasteiger partial charge >= 0.3 is 0 Å². The van der Waals surface area contributed by atoms with E-state index in [1.165, 1.54) is 19.3 Å². The van der Waals surface area contributed by atoms with Gasteiger partial charge in [-0.15, -0.1) is 0 Å². The lowest BCUT2D eigenvalue weighted by atomic mass is 10.1. The number of nitrogens with zero attached hydrogens (tertiary/aromatic N) is 3. The zero-order valence-electron chi connectivity index (χ0n) is 19.5. The van der Waals surface area contributed by atoms with Crippen molar-refractivity contribution in [3.05, 3.63) is 65.4 Å². The van der Waals surface area contributed by atoms with Gasteiger partial charge in [-0.25, -0.2) is 4.98 Å². The first kappa shape index (κ1) is 22.6. The molecule has 0 radical (unpaired) electrons. The Labute approximate surface area is 195 Å². The van der Waals surface area contributed by atoms with E-state index < -0.39 is 0 Å². The van der Waals surface area contributed by atoms with E-state index in [9.17, 15) is 4.79 Å². The van der Waals surface area contributed by atoms with Gasteiger partial charge in [0.1, 0.15) is 11.6 Å². The number of aromatic nitrogens is 2. The number of rotatable bonds is 7. The van der Waals surface area contributed by atoms with Gasteiger partial charge in [0, 0.05) is 36.2 Å². The van der Waals surface area contributed by atoms with E-state index in [0.29, 0.717) is 12.4 Å². The molecule has 0 bridgehead atoms. The van der Waals surface area contributed by atoms with Gasteiger partial charge < -0.3 is 20.3 Å². The van der Waals surface area contributed by atoms with Crippen LogP contribution in [0.5, 0.6) is 5.75 Å².